The number of amides is 2. The van der Waals surface area contributed by atoms with E-state index in [0.29, 0.717) is 22.3 Å². The zero-order valence-corrected chi connectivity index (χ0v) is 20.9. The molecule has 2 heterocycles. The van der Waals surface area contributed by atoms with Gasteiger partial charge >= 0.3 is 0 Å². The number of nitrogens with zero attached hydrogens (tertiary/aromatic N) is 3. The summed E-state index contributed by atoms with van der Waals surface area (Å²) in [7, 11) is 0. The molecule has 0 bridgehead atoms. The lowest BCUT2D eigenvalue weighted by Crippen LogP contribution is -2.25. The summed E-state index contributed by atoms with van der Waals surface area (Å²) in [6.45, 7) is 2.03. The lowest BCUT2D eigenvalue weighted by molar-refractivity contribution is -0.121. The fraction of sp³-hybridized carbons (Fsp3) is 0.185. The topological polar surface area (TPSA) is 74.1 Å². The number of carbonyl (C=O) groups excluding carboxylic acids is 2. The average Bonchev–Trinajstić information content (AvgIpc) is 3.45. The van der Waals surface area contributed by atoms with Gasteiger partial charge in [-0.25, -0.2) is 9.40 Å². The van der Waals surface area contributed by atoms with Crippen molar-refractivity contribution in [3.05, 3.63) is 100 Å². The Kier molecular flexibility index (Phi) is 6.89. The van der Waals surface area contributed by atoms with Crippen LogP contribution in [0.15, 0.2) is 82.9 Å². The van der Waals surface area contributed by atoms with E-state index < -0.39 is 5.25 Å². The zero-order chi connectivity index (χ0) is 25.2. The van der Waals surface area contributed by atoms with Crippen molar-refractivity contribution in [2.24, 2.45) is 10.1 Å². The second kappa shape index (κ2) is 10.2. The number of hydrogen-bond donors (Lipinski definition) is 1. The molecule has 0 radical (unpaired) electrons. The largest absolute Gasteiger partial charge is 0.326 e. The maximum absolute atomic E-state index is 13.1. The number of carbonyl (C=O) groups is 2. The Bertz CT molecular complexity index is 1360. The molecule has 36 heavy (non-hydrogen) atoms. The van der Waals surface area contributed by atoms with E-state index in [1.54, 1.807) is 5.01 Å². The molecule has 0 aliphatic carbocycles. The number of thioether (sulfide) groups is 1. The predicted molar refractivity (Wildman–Crippen MR) is 142 cm³/mol. The van der Waals surface area contributed by atoms with Gasteiger partial charge in [-0.3, -0.25) is 9.59 Å². The van der Waals surface area contributed by atoms with Crippen molar-refractivity contribution >= 4 is 51.7 Å². The summed E-state index contributed by atoms with van der Waals surface area (Å²) >= 11 is 7.33. The molecule has 2 amide bonds. The molecular formula is C27H22ClFN4O2S. The van der Waals surface area contributed by atoms with Crippen LogP contribution in [0.3, 0.4) is 0 Å². The number of anilines is 1. The number of hydrogen-bond acceptors (Lipinski definition) is 5. The number of aliphatic imine (C=N–C) groups is 1. The van der Waals surface area contributed by atoms with E-state index in [2.05, 4.69) is 10.3 Å². The van der Waals surface area contributed by atoms with E-state index in [-0.39, 0.29) is 30.1 Å². The normalized spacial score (nSPS) is 19.3. The van der Waals surface area contributed by atoms with Gasteiger partial charge in [0.2, 0.25) is 5.91 Å². The molecule has 5 rings (SSSR count). The van der Waals surface area contributed by atoms with Gasteiger partial charge in [0.05, 0.1) is 11.8 Å². The van der Waals surface area contributed by atoms with Gasteiger partial charge in [0, 0.05) is 23.6 Å². The fourth-order valence-corrected chi connectivity index (χ4v) is 5.26. The quantitative estimate of drug-likeness (QED) is 0.450. The van der Waals surface area contributed by atoms with Crippen molar-refractivity contribution in [1.29, 1.82) is 0 Å². The Hall–Kier alpha value is -3.49. The summed E-state index contributed by atoms with van der Waals surface area (Å²) in [6.07, 6.45) is 0.579. The lowest BCUT2D eigenvalue weighted by Gasteiger charge is -2.23. The molecule has 6 nitrogen and oxygen atoms in total. The van der Waals surface area contributed by atoms with E-state index in [0.717, 1.165) is 22.4 Å². The van der Waals surface area contributed by atoms with Gasteiger partial charge < -0.3 is 5.32 Å². The summed E-state index contributed by atoms with van der Waals surface area (Å²) < 4.78 is 13.1. The Morgan fingerprint density at radius 2 is 1.78 bits per heavy atom. The van der Waals surface area contributed by atoms with Crippen molar-refractivity contribution < 1.29 is 14.0 Å². The average molecular weight is 521 g/mol. The highest BCUT2D eigenvalue weighted by Gasteiger charge is 2.39. The van der Waals surface area contributed by atoms with Crippen LogP contribution in [-0.2, 0) is 9.59 Å². The molecule has 2 atom stereocenters. The smallest absolute Gasteiger partial charge is 0.262 e. The molecule has 2 aliphatic heterocycles. The number of halogens is 2. The van der Waals surface area contributed by atoms with Gasteiger partial charge in [-0.2, -0.15) is 10.1 Å². The van der Waals surface area contributed by atoms with Crippen molar-refractivity contribution in [2.45, 2.75) is 31.1 Å². The third-order valence-corrected chi connectivity index (χ3v) is 7.37. The molecule has 0 fully saturated rings. The molecule has 0 spiro atoms. The molecule has 0 aromatic heterocycles. The first-order chi connectivity index (χ1) is 17.4. The molecule has 3 aromatic rings. The van der Waals surface area contributed by atoms with E-state index in [4.69, 9.17) is 16.7 Å². The number of benzene rings is 3. The Balaban J connectivity index is 1.35. The summed E-state index contributed by atoms with van der Waals surface area (Å²) in [5.41, 5.74) is 4.52. The van der Waals surface area contributed by atoms with Crippen molar-refractivity contribution in [2.75, 3.05) is 5.32 Å². The standard InChI is InChI=1S/C27H22ClFN4O2S/c1-16-2-4-17(5-3-16)22-14-23(18-6-8-19(28)9-7-18)33(32-22)27-31-26(35)24(36-27)15-25(34)30-21-12-10-20(29)11-13-21/h2-13,23-24H,14-15H2,1H3,(H,30,34)/t23-,24-/m0/s1. The first-order valence-electron chi connectivity index (χ1n) is 11.4. The molecular weight excluding hydrogens is 499 g/mol. The molecule has 182 valence electrons. The minimum absolute atomic E-state index is 0.0537. The van der Waals surface area contributed by atoms with E-state index >= 15 is 0 Å². The van der Waals surface area contributed by atoms with Crippen LogP contribution in [0.25, 0.3) is 0 Å². The van der Waals surface area contributed by atoms with Crippen LogP contribution >= 0.6 is 23.4 Å². The second-order valence-corrected chi connectivity index (χ2v) is 10.2. The molecule has 1 N–H and O–H groups in total. The van der Waals surface area contributed by atoms with Gasteiger partial charge in [0.15, 0.2) is 5.17 Å². The molecule has 3 aromatic carbocycles. The first kappa shape index (κ1) is 24.2. The minimum Gasteiger partial charge on any atom is -0.326 e. The number of hydrazone groups is 1. The lowest BCUT2D eigenvalue weighted by atomic mass is 9.98. The molecule has 9 heteroatoms. The number of amidine groups is 1. The van der Waals surface area contributed by atoms with Gasteiger partial charge in [-0.15, -0.1) is 0 Å². The monoisotopic (exact) mass is 520 g/mol. The Labute approximate surface area is 217 Å². The summed E-state index contributed by atoms with van der Waals surface area (Å²) in [5, 5.41) is 9.76. The molecule has 0 saturated carbocycles. The SMILES string of the molecule is Cc1ccc(C2=NN(C3=NC(=O)[C@H](CC(=O)Nc4ccc(F)cc4)S3)[C@H](c3ccc(Cl)cc3)C2)cc1. The fourth-order valence-electron chi connectivity index (χ4n) is 4.07. The zero-order valence-electron chi connectivity index (χ0n) is 19.3. The van der Waals surface area contributed by atoms with Crippen LogP contribution in [0.4, 0.5) is 10.1 Å². The van der Waals surface area contributed by atoms with Crippen molar-refractivity contribution in [3.63, 3.8) is 0 Å². The van der Waals surface area contributed by atoms with Crippen molar-refractivity contribution in [1.82, 2.24) is 5.01 Å². The number of nitrogens with one attached hydrogen (secondary N) is 1. The molecule has 2 aliphatic rings. The number of rotatable bonds is 5. The minimum atomic E-state index is -0.662. The highest BCUT2D eigenvalue weighted by molar-refractivity contribution is 8.15. The van der Waals surface area contributed by atoms with E-state index in [9.17, 15) is 14.0 Å². The maximum atomic E-state index is 13.1. The van der Waals surface area contributed by atoms with Crippen LogP contribution in [0.2, 0.25) is 5.02 Å². The highest BCUT2D eigenvalue weighted by atomic mass is 35.5. The maximum Gasteiger partial charge on any atom is 0.262 e. The Morgan fingerprint density at radius 3 is 2.47 bits per heavy atom. The van der Waals surface area contributed by atoms with Crippen LogP contribution in [0.1, 0.15) is 35.6 Å². The van der Waals surface area contributed by atoms with Crippen LogP contribution < -0.4 is 5.32 Å². The highest BCUT2D eigenvalue weighted by Crippen LogP contribution is 2.39. The predicted octanol–water partition coefficient (Wildman–Crippen LogP) is 5.97. The second-order valence-electron chi connectivity index (χ2n) is 8.63. The van der Waals surface area contributed by atoms with E-state index in [1.807, 2.05) is 55.5 Å². The summed E-state index contributed by atoms with van der Waals surface area (Å²) in [4.78, 5) is 29.5. The van der Waals surface area contributed by atoms with Gasteiger partial charge in [-0.1, -0.05) is 65.3 Å². The molecule has 0 saturated heterocycles. The van der Waals surface area contributed by atoms with Crippen LogP contribution in [0, 0.1) is 12.7 Å². The molecule has 0 unspecified atom stereocenters. The van der Waals surface area contributed by atoms with Crippen LogP contribution in [0.5, 0.6) is 0 Å². The third-order valence-electron chi connectivity index (χ3n) is 5.97. The van der Waals surface area contributed by atoms with Crippen molar-refractivity contribution in [3.8, 4) is 0 Å². The first-order valence-corrected chi connectivity index (χ1v) is 12.7. The number of aryl methyl sites for hydroxylation is 1. The van der Waals surface area contributed by atoms with Gasteiger partial charge in [0.25, 0.3) is 5.91 Å². The van der Waals surface area contributed by atoms with E-state index in [1.165, 1.54) is 36.0 Å². The third kappa shape index (κ3) is 5.34. The van der Waals surface area contributed by atoms with Gasteiger partial charge in [0.1, 0.15) is 11.1 Å². The van der Waals surface area contributed by atoms with Gasteiger partial charge in [-0.05, 0) is 54.4 Å². The summed E-state index contributed by atoms with van der Waals surface area (Å²) in [6, 6.07) is 21.0. The van der Waals surface area contributed by atoms with Crippen LogP contribution in [-0.4, -0.2) is 33.0 Å². The Morgan fingerprint density at radius 1 is 1.08 bits per heavy atom. The summed E-state index contributed by atoms with van der Waals surface area (Å²) in [5.74, 6) is -1.11.